The predicted molar refractivity (Wildman–Crippen MR) is 97.5 cm³/mol. The Balaban J connectivity index is 1.56. The van der Waals surface area contributed by atoms with Crippen LogP contribution in [0.25, 0.3) is 21.7 Å². The lowest BCUT2D eigenvalue weighted by Crippen LogP contribution is -2.18. The van der Waals surface area contributed by atoms with Gasteiger partial charge in [-0.3, -0.25) is 0 Å². The molecule has 0 aliphatic carbocycles. The van der Waals surface area contributed by atoms with E-state index < -0.39 is 0 Å². The minimum atomic E-state index is 0.299. The summed E-state index contributed by atoms with van der Waals surface area (Å²) in [6.45, 7) is 3.06. The largest absolute Gasteiger partial charge is 0.357 e. The SMILES string of the molecule is C[C@H](NCc1cc2ccccc2[nH]1)c1cccc2ccccc12. The van der Waals surface area contributed by atoms with E-state index in [-0.39, 0.29) is 0 Å². The molecule has 0 amide bonds. The van der Waals surface area contributed by atoms with E-state index in [0.29, 0.717) is 6.04 Å². The quantitative estimate of drug-likeness (QED) is 0.534. The number of benzene rings is 3. The fourth-order valence-electron chi connectivity index (χ4n) is 3.23. The van der Waals surface area contributed by atoms with Gasteiger partial charge in [-0.2, -0.15) is 0 Å². The van der Waals surface area contributed by atoms with E-state index >= 15 is 0 Å². The highest BCUT2D eigenvalue weighted by Crippen LogP contribution is 2.24. The molecule has 0 aliphatic rings. The zero-order valence-corrected chi connectivity index (χ0v) is 13.2. The second kappa shape index (κ2) is 5.90. The summed E-state index contributed by atoms with van der Waals surface area (Å²) in [4.78, 5) is 3.48. The van der Waals surface area contributed by atoms with E-state index in [1.54, 1.807) is 0 Å². The average molecular weight is 300 g/mol. The first kappa shape index (κ1) is 14.0. The first-order valence-corrected chi connectivity index (χ1v) is 8.09. The lowest BCUT2D eigenvalue weighted by atomic mass is 10.00. The highest BCUT2D eigenvalue weighted by molar-refractivity contribution is 5.86. The van der Waals surface area contributed by atoms with Crippen molar-refractivity contribution in [2.24, 2.45) is 0 Å². The van der Waals surface area contributed by atoms with Gasteiger partial charge in [0.1, 0.15) is 0 Å². The van der Waals surface area contributed by atoms with Crippen molar-refractivity contribution < 1.29 is 0 Å². The van der Waals surface area contributed by atoms with Crippen molar-refractivity contribution in [2.45, 2.75) is 19.5 Å². The summed E-state index contributed by atoms with van der Waals surface area (Å²) < 4.78 is 0. The second-order valence-corrected chi connectivity index (χ2v) is 6.05. The maximum Gasteiger partial charge on any atom is 0.0456 e. The molecule has 114 valence electrons. The first-order chi connectivity index (χ1) is 11.3. The number of para-hydroxylation sites is 1. The highest BCUT2D eigenvalue weighted by atomic mass is 14.9. The molecule has 0 bridgehead atoms. The van der Waals surface area contributed by atoms with Crippen molar-refractivity contribution >= 4 is 21.7 Å². The number of aromatic nitrogens is 1. The van der Waals surface area contributed by atoms with Crippen molar-refractivity contribution in [2.75, 3.05) is 0 Å². The highest BCUT2D eigenvalue weighted by Gasteiger charge is 2.09. The number of hydrogen-bond acceptors (Lipinski definition) is 1. The molecule has 2 N–H and O–H groups in total. The fraction of sp³-hybridized carbons (Fsp3) is 0.143. The number of fused-ring (bicyclic) bond motifs is 2. The molecule has 0 saturated heterocycles. The number of rotatable bonds is 4. The summed E-state index contributed by atoms with van der Waals surface area (Å²) in [5.41, 5.74) is 3.76. The Hall–Kier alpha value is -2.58. The summed E-state index contributed by atoms with van der Waals surface area (Å²) >= 11 is 0. The van der Waals surface area contributed by atoms with Gasteiger partial charge in [0.05, 0.1) is 0 Å². The van der Waals surface area contributed by atoms with Gasteiger partial charge in [0.2, 0.25) is 0 Å². The Morgan fingerprint density at radius 2 is 1.61 bits per heavy atom. The minimum absolute atomic E-state index is 0.299. The van der Waals surface area contributed by atoms with E-state index in [0.717, 1.165) is 6.54 Å². The first-order valence-electron chi connectivity index (χ1n) is 8.09. The zero-order chi connectivity index (χ0) is 15.6. The standard InChI is InChI=1S/C21H20N2/c1-15(19-11-6-9-16-7-2-4-10-20(16)19)22-14-18-13-17-8-3-5-12-21(17)23-18/h2-13,15,22-23H,14H2,1H3/t15-/m0/s1. The summed E-state index contributed by atoms with van der Waals surface area (Å²) in [5.74, 6) is 0. The van der Waals surface area contributed by atoms with Crippen LogP contribution < -0.4 is 5.32 Å². The molecule has 23 heavy (non-hydrogen) atoms. The number of H-pyrrole nitrogens is 1. The molecular formula is C21H20N2. The Labute approximate surface area is 136 Å². The topological polar surface area (TPSA) is 27.8 Å². The van der Waals surface area contributed by atoms with Crippen LogP contribution in [-0.4, -0.2) is 4.98 Å². The van der Waals surface area contributed by atoms with E-state index in [4.69, 9.17) is 0 Å². The van der Waals surface area contributed by atoms with E-state index in [1.807, 2.05) is 0 Å². The van der Waals surface area contributed by atoms with Crippen LogP contribution in [0.5, 0.6) is 0 Å². The van der Waals surface area contributed by atoms with Crippen molar-refractivity contribution in [1.82, 2.24) is 10.3 Å². The molecule has 2 nitrogen and oxygen atoms in total. The third-order valence-electron chi connectivity index (χ3n) is 4.47. The molecule has 2 heteroatoms. The van der Waals surface area contributed by atoms with Crippen molar-refractivity contribution in [3.05, 3.63) is 84.1 Å². The van der Waals surface area contributed by atoms with Crippen LogP contribution in [-0.2, 0) is 6.54 Å². The smallest absolute Gasteiger partial charge is 0.0456 e. The normalized spacial score (nSPS) is 12.7. The van der Waals surface area contributed by atoms with Gasteiger partial charge in [-0.1, -0.05) is 60.7 Å². The van der Waals surface area contributed by atoms with Gasteiger partial charge in [0.25, 0.3) is 0 Å². The number of aromatic amines is 1. The van der Waals surface area contributed by atoms with Crippen LogP contribution in [0.1, 0.15) is 24.2 Å². The van der Waals surface area contributed by atoms with Crippen molar-refractivity contribution in [3.8, 4) is 0 Å². The van der Waals surface area contributed by atoms with E-state index in [2.05, 4.69) is 90.0 Å². The molecule has 0 radical (unpaired) electrons. The molecule has 1 aromatic heterocycles. The molecule has 0 aliphatic heterocycles. The van der Waals surface area contributed by atoms with E-state index in [1.165, 1.54) is 32.9 Å². The summed E-state index contributed by atoms with van der Waals surface area (Å²) in [6, 6.07) is 26.0. The Kier molecular flexibility index (Phi) is 3.60. The Morgan fingerprint density at radius 1 is 0.870 bits per heavy atom. The molecule has 4 aromatic rings. The minimum Gasteiger partial charge on any atom is -0.357 e. The monoisotopic (exact) mass is 300 g/mol. The molecule has 0 spiro atoms. The Bertz CT molecular complexity index is 914. The average Bonchev–Trinajstić information content (AvgIpc) is 3.02. The van der Waals surface area contributed by atoms with Gasteiger partial charge < -0.3 is 10.3 Å². The molecule has 1 atom stereocenters. The molecule has 0 saturated carbocycles. The van der Waals surface area contributed by atoms with E-state index in [9.17, 15) is 0 Å². The van der Waals surface area contributed by atoms with Crippen LogP contribution in [0.15, 0.2) is 72.8 Å². The maximum absolute atomic E-state index is 3.64. The second-order valence-electron chi connectivity index (χ2n) is 6.05. The van der Waals surface area contributed by atoms with Gasteiger partial charge in [0, 0.05) is 23.8 Å². The van der Waals surface area contributed by atoms with Crippen molar-refractivity contribution in [3.63, 3.8) is 0 Å². The zero-order valence-electron chi connectivity index (χ0n) is 13.2. The Morgan fingerprint density at radius 3 is 2.48 bits per heavy atom. The van der Waals surface area contributed by atoms with Crippen molar-refractivity contribution in [1.29, 1.82) is 0 Å². The molecule has 3 aromatic carbocycles. The van der Waals surface area contributed by atoms with Gasteiger partial charge in [-0.05, 0) is 40.8 Å². The van der Waals surface area contributed by atoms with Crippen LogP contribution in [0.3, 0.4) is 0 Å². The van der Waals surface area contributed by atoms with Gasteiger partial charge >= 0.3 is 0 Å². The third-order valence-corrected chi connectivity index (χ3v) is 4.47. The molecule has 0 unspecified atom stereocenters. The van der Waals surface area contributed by atoms with Crippen LogP contribution >= 0.6 is 0 Å². The fourth-order valence-corrected chi connectivity index (χ4v) is 3.23. The van der Waals surface area contributed by atoms with Gasteiger partial charge in [-0.15, -0.1) is 0 Å². The van der Waals surface area contributed by atoms with Gasteiger partial charge in [-0.25, -0.2) is 0 Å². The van der Waals surface area contributed by atoms with Crippen LogP contribution in [0.2, 0.25) is 0 Å². The lowest BCUT2D eigenvalue weighted by Gasteiger charge is -2.16. The maximum atomic E-state index is 3.64. The predicted octanol–water partition coefficient (Wildman–Crippen LogP) is 5.17. The number of hydrogen-bond donors (Lipinski definition) is 2. The third kappa shape index (κ3) is 2.73. The summed E-state index contributed by atoms with van der Waals surface area (Å²) in [5, 5.41) is 7.52. The molecule has 1 heterocycles. The summed E-state index contributed by atoms with van der Waals surface area (Å²) in [6.07, 6.45) is 0. The summed E-state index contributed by atoms with van der Waals surface area (Å²) in [7, 11) is 0. The van der Waals surface area contributed by atoms with Gasteiger partial charge in [0.15, 0.2) is 0 Å². The van der Waals surface area contributed by atoms with Crippen LogP contribution in [0.4, 0.5) is 0 Å². The lowest BCUT2D eigenvalue weighted by molar-refractivity contribution is 0.573. The molecule has 4 rings (SSSR count). The van der Waals surface area contributed by atoms with Crippen LogP contribution in [0, 0.1) is 0 Å². The number of nitrogens with one attached hydrogen (secondary N) is 2. The molecular weight excluding hydrogens is 280 g/mol. The molecule has 0 fully saturated rings.